The Hall–Kier alpha value is -0.700. The van der Waals surface area contributed by atoms with Gasteiger partial charge in [-0.1, -0.05) is 37.8 Å². The number of hydrogen-bond acceptors (Lipinski definition) is 0. The lowest BCUT2D eigenvalue weighted by atomic mass is 9.87. The smallest absolute Gasteiger partial charge is 0.166 e. The molecule has 0 aromatic heterocycles. The minimum absolute atomic E-state index is 0.390. The third-order valence-electron chi connectivity index (χ3n) is 4.04. The number of halogens is 4. The molecule has 1 fully saturated rings. The summed E-state index contributed by atoms with van der Waals surface area (Å²) in [4.78, 5) is 0. The monoisotopic (exact) mass is 290 g/mol. The van der Waals surface area contributed by atoms with Gasteiger partial charge >= 0.3 is 6.18 Å². The molecule has 1 atom stereocenters. The van der Waals surface area contributed by atoms with Crippen molar-refractivity contribution in [3.8, 4) is 0 Å². The lowest BCUT2D eigenvalue weighted by molar-refractivity contribution is -0.137. The van der Waals surface area contributed by atoms with Crippen LogP contribution in [0.25, 0.3) is 0 Å². The Kier molecular flexibility index (Phi) is 4.77. The quantitative estimate of drug-likeness (QED) is 0.661. The molecule has 0 amide bonds. The van der Waals surface area contributed by atoms with Crippen LogP contribution in [-0.4, -0.2) is 5.88 Å². The fourth-order valence-corrected chi connectivity index (χ4v) is 3.27. The van der Waals surface area contributed by atoms with E-state index in [0.29, 0.717) is 17.7 Å². The van der Waals surface area contributed by atoms with E-state index in [-0.39, 0.29) is 0 Å². The molecule has 0 spiro atoms. The molecule has 1 aliphatic carbocycles. The summed E-state index contributed by atoms with van der Waals surface area (Å²) in [6.45, 7) is 0. The van der Waals surface area contributed by atoms with Crippen LogP contribution < -0.4 is 0 Å². The van der Waals surface area contributed by atoms with Crippen molar-refractivity contribution in [2.45, 2.75) is 38.3 Å². The molecule has 0 nitrogen and oxygen atoms in total. The summed E-state index contributed by atoms with van der Waals surface area (Å²) in [7, 11) is 0. The normalized spacial score (nSPS) is 18.7. The molecule has 106 valence electrons. The fraction of sp³-hybridized carbons (Fsp3) is 0.600. The van der Waals surface area contributed by atoms with Gasteiger partial charge in [0.2, 0.25) is 0 Å². The summed E-state index contributed by atoms with van der Waals surface area (Å²) < 4.78 is 37.4. The van der Waals surface area contributed by atoms with Gasteiger partial charge in [0.1, 0.15) is 0 Å². The van der Waals surface area contributed by atoms with Gasteiger partial charge in [-0.15, -0.1) is 11.6 Å². The molecule has 0 radical (unpaired) electrons. The molecule has 1 aliphatic rings. The number of hydrogen-bond donors (Lipinski definition) is 0. The highest BCUT2D eigenvalue weighted by Gasteiger charge is 2.30. The highest BCUT2D eigenvalue weighted by Crippen LogP contribution is 2.34. The van der Waals surface area contributed by atoms with Crippen molar-refractivity contribution in [1.82, 2.24) is 0 Å². The predicted octanol–water partition coefficient (Wildman–Crippen LogP) is 5.29. The van der Waals surface area contributed by atoms with Crippen LogP contribution in [0.5, 0.6) is 0 Å². The third kappa shape index (κ3) is 3.88. The van der Waals surface area contributed by atoms with Crippen molar-refractivity contribution in [2.24, 2.45) is 11.8 Å². The molecular weight excluding hydrogens is 273 g/mol. The molecule has 0 bridgehead atoms. The fourth-order valence-electron chi connectivity index (χ4n) is 2.91. The van der Waals surface area contributed by atoms with Crippen molar-refractivity contribution in [2.75, 3.05) is 5.88 Å². The van der Waals surface area contributed by atoms with E-state index in [4.69, 9.17) is 11.6 Å². The number of benzene rings is 1. The molecule has 0 heterocycles. The van der Waals surface area contributed by atoms with E-state index in [1.807, 2.05) is 0 Å². The first-order valence-corrected chi connectivity index (χ1v) is 7.26. The van der Waals surface area contributed by atoms with E-state index in [1.54, 1.807) is 12.1 Å². The van der Waals surface area contributed by atoms with Gasteiger partial charge < -0.3 is 0 Å². The second-order valence-corrected chi connectivity index (χ2v) is 5.67. The minimum atomic E-state index is -4.25. The Bertz CT molecular complexity index is 391. The highest BCUT2D eigenvalue weighted by atomic mass is 35.5. The molecule has 1 aromatic carbocycles. The van der Waals surface area contributed by atoms with Crippen LogP contribution in [0.15, 0.2) is 24.3 Å². The lowest BCUT2D eigenvalue weighted by Gasteiger charge is -2.21. The first-order valence-electron chi connectivity index (χ1n) is 6.73. The van der Waals surface area contributed by atoms with E-state index >= 15 is 0 Å². The molecule has 1 saturated carbocycles. The van der Waals surface area contributed by atoms with E-state index in [2.05, 4.69) is 0 Å². The van der Waals surface area contributed by atoms with Crippen LogP contribution in [0.3, 0.4) is 0 Å². The van der Waals surface area contributed by atoms with Gasteiger partial charge in [-0.05, 0) is 36.0 Å². The van der Waals surface area contributed by atoms with E-state index in [1.165, 1.54) is 25.7 Å². The Morgan fingerprint density at radius 1 is 1.11 bits per heavy atom. The van der Waals surface area contributed by atoms with Gasteiger partial charge in [0.15, 0.2) is 0 Å². The molecule has 2 rings (SSSR count). The van der Waals surface area contributed by atoms with Gasteiger partial charge in [-0.25, -0.2) is 0 Å². The van der Waals surface area contributed by atoms with Crippen molar-refractivity contribution in [3.63, 3.8) is 0 Å². The summed E-state index contributed by atoms with van der Waals surface area (Å²) in [5, 5.41) is 0. The van der Waals surface area contributed by atoms with E-state index in [9.17, 15) is 13.2 Å². The summed E-state index contributed by atoms with van der Waals surface area (Å²) in [5.74, 6) is 1.62. The largest absolute Gasteiger partial charge is 0.416 e. The van der Waals surface area contributed by atoms with Gasteiger partial charge in [0.25, 0.3) is 0 Å². The number of rotatable bonds is 4. The Balaban J connectivity index is 2.01. The molecule has 1 aromatic rings. The van der Waals surface area contributed by atoms with Crippen molar-refractivity contribution < 1.29 is 13.2 Å². The lowest BCUT2D eigenvalue weighted by Crippen LogP contribution is -2.16. The average Bonchev–Trinajstić information content (AvgIpc) is 2.89. The van der Waals surface area contributed by atoms with Gasteiger partial charge in [0, 0.05) is 5.88 Å². The maximum Gasteiger partial charge on any atom is 0.416 e. The predicted molar refractivity (Wildman–Crippen MR) is 71.3 cm³/mol. The second-order valence-electron chi connectivity index (χ2n) is 5.36. The molecule has 1 unspecified atom stereocenters. The van der Waals surface area contributed by atoms with Gasteiger partial charge in [-0.3, -0.25) is 0 Å². The zero-order valence-electron chi connectivity index (χ0n) is 10.7. The topological polar surface area (TPSA) is 0 Å². The van der Waals surface area contributed by atoms with Gasteiger partial charge in [0.05, 0.1) is 5.56 Å². The minimum Gasteiger partial charge on any atom is -0.166 e. The SMILES string of the molecule is FC(F)(F)c1ccc(CC(CCl)C2CCCC2)cc1. The summed E-state index contributed by atoms with van der Waals surface area (Å²) in [5.41, 5.74) is 0.366. The van der Waals surface area contributed by atoms with Crippen molar-refractivity contribution in [1.29, 1.82) is 0 Å². The van der Waals surface area contributed by atoms with Crippen LogP contribution in [0.2, 0.25) is 0 Å². The zero-order chi connectivity index (χ0) is 13.9. The summed E-state index contributed by atoms with van der Waals surface area (Å²) >= 11 is 6.02. The maximum absolute atomic E-state index is 12.5. The maximum atomic E-state index is 12.5. The van der Waals surface area contributed by atoms with E-state index < -0.39 is 11.7 Å². The Morgan fingerprint density at radius 3 is 2.16 bits per heavy atom. The van der Waals surface area contributed by atoms with E-state index in [0.717, 1.165) is 24.1 Å². The standard InChI is InChI=1S/C15H18ClF3/c16-10-13(12-3-1-2-4-12)9-11-5-7-14(8-6-11)15(17,18)19/h5-8,12-13H,1-4,9-10H2. The summed E-state index contributed by atoms with van der Waals surface area (Å²) in [6, 6.07) is 5.49. The van der Waals surface area contributed by atoms with Crippen LogP contribution in [0, 0.1) is 11.8 Å². The highest BCUT2D eigenvalue weighted by molar-refractivity contribution is 6.18. The molecule has 0 saturated heterocycles. The molecular formula is C15H18ClF3. The Labute approximate surface area is 117 Å². The van der Waals surface area contributed by atoms with Crippen LogP contribution in [-0.2, 0) is 12.6 Å². The molecule has 4 heteroatoms. The average molecular weight is 291 g/mol. The molecule has 0 N–H and O–H groups in total. The van der Waals surface area contributed by atoms with Crippen LogP contribution in [0.4, 0.5) is 13.2 Å². The first kappa shape index (κ1) is 14.7. The first-order chi connectivity index (χ1) is 9.00. The van der Waals surface area contributed by atoms with Crippen molar-refractivity contribution >= 4 is 11.6 Å². The molecule has 0 aliphatic heterocycles. The number of alkyl halides is 4. The Morgan fingerprint density at radius 2 is 1.68 bits per heavy atom. The van der Waals surface area contributed by atoms with Crippen LogP contribution >= 0.6 is 11.6 Å². The second kappa shape index (κ2) is 6.17. The van der Waals surface area contributed by atoms with Gasteiger partial charge in [-0.2, -0.15) is 13.2 Å². The van der Waals surface area contributed by atoms with Crippen LogP contribution in [0.1, 0.15) is 36.8 Å². The zero-order valence-corrected chi connectivity index (χ0v) is 11.5. The molecule has 19 heavy (non-hydrogen) atoms. The third-order valence-corrected chi connectivity index (χ3v) is 4.44. The van der Waals surface area contributed by atoms with Crippen molar-refractivity contribution in [3.05, 3.63) is 35.4 Å². The summed E-state index contributed by atoms with van der Waals surface area (Å²) in [6.07, 6.45) is 1.45.